The zero-order chi connectivity index (χ0) is 16.7. The first-order valence-electron chi connectivity index (χ1n) is 7.94. The number of nitro groups is 1. The number of para-hydroxylation sites is 2. The Labute approximate surface area is 138 Å². The highest BCUT2D eigenvalue weighted by atomic mass is 16.6. The van der Waals surface area contributed by atoms with E-state index in [2.05, 4.69) is 20.9 Å². The summed E-state index contributed by atoms with van der Waals surface area (Å²) in [5.41, 5.74) is 2.78. The van der Waals surface area contributed by atoms with Crippen LogP contribution in [0, 0.1) is 17.0 Å². The largest absolute Gasteiger partial charge is 0.363 e. The lowest BCUT2D eigenvalue weighted by atomic mass is 10.2. The van der Waals surface area contributed by atoms with Crippen molar-refractivity contribution >= 4 is 22.5 Å². The Morgan fingerprint density at radius 1 is 1.38 bits per heavy atom. The Morgan fingerprint density at radius 3 is 2.88 bits per heavy atom. The van der Waals surface area contributed by atoms with Crippen LogP contribution in [0.3, 0.4) is 0 Å². The summed E-state index contributed by atoms with van der Waals surface area (Å²) in [6, 6.07) is 10.4. The minimum atomic E-state index is -0.418. The average molecular weight is 323 g/mol. The van der Waals surface area contributed by atoms with Crippen LogP contribution in [0.15, 0.2) is 36.5 Å². The zero-order valence-corrected chi connectivity index (χ0v) is 13.3. The molecule has 1 fully saturated rings. The first-order chi connectivity index (χ1) is 11.6. The molecule has 4 rings (SSSR count). The van der Waals surface area contributed by atoms with Crippen LogP contribution in [-0.2, 0) is 6.54 Å². The number of rotatable bonds is 5. The minimum Gasteiger partial charge on any atom is -0.363 e. The van der Waals surface area contributed by atoms with E-state index < -0.39 is 4.92 Å². The first kappa shape index (κ1) is 14.6. The maximum Gasteiger partial charge on any atom is 0.290 e. The molecule has 0 radical (unpaired) electrons. The lowest BCUT2D eigenvalue weighted by Gasteiger charge is -2.09. The number of aryl methyl sites for hydroxylation is 1. The molecule has 2 heterocycles. The number of benzene rings is 1. The number of nitrogens with one attached hydrogen (secondary N) is 1. The van der Waals surface area contributed by atoms with Gasteiger partial charge in [0.1, 0.15) is 17.8 Å². The molecule has 0 saturated heterocycles. The summed E-state index contributed by atoms with van der Waals surface area (Å²) in [4.78, 5) is 19.3. The van der Waals surface area contributed by atoms with Crippen molar-refractivity contribution in [1.82, 2.24) is 14.5 Å². The molecule has 3 aromatic rings. The molecule has 0 unspecified atom stereocenters. The summed E-state index contributed by atoms with van der Waals surface area (Å²) >= 11 is 0. The normalized spacial score (nSPS) is 14.0. The van der Waals surface area contributed by atoms with Crippen LogP contribution in [0.4, 0.5) is 11.5 Å². The molecule has 7 heteroatoms. The predicted molar refractivity (Wildman–Crippen MR) is 91.0 cm³/mol. The summed E-state index contributed by atoms with van der Waals surface area (Å²) in [6.45, 7) is 2.25. The van der Waals surface area contributed by atoms with Crippen molar-refractivity contribution in [1.29, 1.82) is 0 Å². The SMILES string of the molecule is Cc1cc(NCc2nc3ccccc3n2C2CC2)ncc1[N+](=O)[O-]. The number of anilines is 1. The van der Waals surface area contributed by atoms with Crippen molar-refractivity contribution in [3.8, 4) is 0 Å². The summed E-state index contributed by atoms with van der Waals surface area (Å²) in [5, 5.41) is 14.1. The number of nitrogens with zero attached hydrogens (tertiary/aromatic N) is 4. The van der Waals surface area contributed by atoms with Crippen LogP contribution < -0.4 is 5.32 Å². The molecule has 1 N–H and O–H groups in total. The van der Waals surface area contributed by atoms with Crippen LogP contribution in [0.5, 0.6) is 0 Å². The Morgan fingerprint density at radius 2 is 2.17 bits per heavy atom. The third-order valence-electron chi connectivity index (χ3n) is 4.29. The Hall–Kier alpha value is -2.96. The molecule has 1 aliphatic rings. The van der Waals surface area contributed by atoms with Gasteiger partial charge in [-0.05, 0) is 38.0 Å². The van der Waals surface area contributed by atoms with E-state index in [1.54, 1.807) is 13.0 Å². The zero-order valence-electron chi connectivity index (χ0n) is 13.3. The van der Waals surface area contributed by atoms with E-state index >= 15 is 0 Å². The number of aromatic nitrogens is 3. The van der Waals surface area contributed by atoms with E-state index in [4.69, 9.17) is 4.98 Å². The number of hydrogen-bond donors (Lipinski definition) is 1. The van der Waals surface area contributed by atoms with Crippen LogP contribution in [0.1, 0.15) is 30.3 Å². The molecular weight excluding hydrogens is 306 g/mol. The minimum absolute atomic E-state index is 0.0331. The van der Waals surface area contributed by atoms with Gasteiger partial charge in [0.2, 0.25) is 0 Å². The summed E-state index contributed by atoms with van der Waals surface area (Å²) in [5.74, 6) is 1.59. The molecule has 0 atom stereocenters. The Kier molecular flexibility index (Phi) is 3.41. The van der Waals surface area contributed by atoms with E-state index in [0.717, 1.165) is 16.9 Å². The smallest absolute Gasteiger partial charge is 0.290 e. The van der Waals surface area contributed by atoms with E-state index in [1.165, 1.54) is 19.0 Å². The molecule has 1 saturated carbocycles. The van der Waals surface area contributed by atoms with Gasteiger partial charge >= 0.3 is 0 Å². The molecular formula is C17H17N5O2. The molecule has 1 aromatic carbocycles. The van der Waals surface area contributed by atoms with E-state index in [0.29, 0.717) is 24.0 Å². The van der Waals surface area contributed by atoms with Gasteiger partial charge in [0.25, 0.3) is 5.69 Å². The molecule has 2 aromatic heterocycles. The van der Waals surface area contributed by atoms with Crippen molar-refractivity contribution in [2.45, 2.75) is 32.4 Å². The fourth-order valence-electron chi connectivity index (χ4n) is 2.97. The van der Waals surface area contributed by atoms with Crippen molar-refractivity contribution in [2.24, 2.45) is 0 Å². The fraction of sp³-hybridized carbons (Fsp3) is 0.294. The highest BCUT2D eigenvalue weighted by Gasteiger charge is 2.27. The number of hydrogen-bond acceptors (Lipinski definition) is 5. The maximum atomic E-state index is 10.9. The number of imidazole rings is 1. The van der Waals surface area contributed by atoms with Gasteiger partial charge in [0, 0.05) is 11.6 Å². The topological polar surface area (TPSA) is 85.9 Å². The second-order valence-electron chi connectivity index (χ2n) is 6.08. The van der Waals surface area contributed by atoms with Crippen LogP contribution in [-0.4, -0.2) is 19.5 Å². The third-order valence-corrected chi connectivity index (χ3v) is 4.29. The molecule has 24 heavy (non-hydrogen) atoms. The standard InChI is InChI=1S/C17H17N5O2/c1-11-8-16(18-9-15(11)22(23)24)19-10-17-20-13-4-2-3-5-14(13)21(17)12-6-7-12/h2-5,8-9,12H,6-7,10H2,1H3,(H,18,19). The first-order valence-corrected chi connectivity index (χ1v) is 7.94. The van der Waals surface area contributed by atoms with Gasteiger partial charge in [-0.3, -0.25) is 10.1 Å². The van der Waals surface area contributed by atoms with Crippen molar-refractivity contribution < 1.29 is 4.92 Å². The van der Waals surface area contributed by atoms with Gasteiger partial charge in [-0.1, -0.05) is 12.1 Å². The van der Waals surface area contributed by atoms with Gasteiger partial charge in [-0.25, -0.2) is 9.97 Å². The number of fused-ring (bicyclic) bond motifs is 1. The van der Waals surface area contributed by atoms with Gasteiger partial charge in [-0.2, -0.15) is 0 Å². The second-order valence-corrected chi connectivity index (χ2v) is 6.08. The van der Waals surface area contributed by atoms with Crippen molar-refractivity contribution in [3.05, 3.63) is 58.0 Å². The lowest BCUT2D eigenvalue weighted by molar-refractivity contribution is -0.385. The lowest BCUT2D eigenvalue weighted by Crippen LogP contribution is -2.09. The predicted octanol–water partition coefficient (Wildman–Crippen LogP) is 3.59. The maximum absolute atomic E-state index is 10.9. The van der Waals surface area contributed by atoms with Crippen molar-refractivity contribution in [2.75, 3.05) is 5.32 Å². The van der Waals surface area contributed by atoms with Gasteiger partial charge in [0.15, 0.2) is 0 Å². The van der Waals surface area contributed by atoms with E-state index in [9.17, 15) is 10.1 Å². The monoisotopic (exact) mass is 323 g/mol. The average Bonchev–Trinajstić information content (AvgIpc) is 3.33. The molecule has 0 spiro atoms. The number of pyridine rings is 1. The summed E-state index contributed by atoms with van der Waals surface area (Å²) in [6.07, 6.45) is 3.66. The molecule has 0 amide bonds. The molecule has 0 aliphatic heterocycles. The molecule has 7 nitrogen and oxygen atoms in total. The second kappa shape index (κ2) is 5.59. The van der Waals surface area contributed by atoms with Gasteiger partial charge in [0.05, 0.1) is 22.5 Å². The molecule has 122 valence electrons. The highest BCUT2D eigenvalue weighted by Crippen LogP contribution is 2.38. The Balaban J connectivity index is 1.60. The molecule has 0 bridgehead atoms. The highest BCUT2D eigenvalue weighted by molar-refractivity contribution is 5.76. The van der Waals surface area contributed by atoms with Crippen LogP contribution >= 0.6 is 0 Å². The summed E-state index contributed by atoms with van der Waals surface area (Å²) in [7, 11) is 0. The van der Waals surface area contributed by atoms with E-state index in [1.807, 2.05) is 18.2 Å². The Bertz CT molecular complexity index is 930. The quantitative estimate of drug-likeness (QED) is 0.573. The van der Waals surface area contributed by atoms with Crippen LogP contribution in [0.25, 0.3) is 11.0 Å². The third kappa shape index (κ3) is 2.58. The van der Waals surface area contributed by atoms with E-state index in [-0.39, 0.29) is 5.69 Å². The summed E-state index contributed by atoms with van der Waals surface area (Å²) < 4.78 is 2.29. The van der Waals surface area contributed by atoms with Gasteiger partial charge in [-0.15, -0.1) is 0 Å². The fourth-order valence-corrected chi connectivity index (χ4v) is 2.97. The molecule has 1 aliphatic carbocycles. The van der Waals surface area contributed by atoms with Crippen LogP contribution in [0.2, 0.25) is 0 Å². The van der Waals surface area contributed by atoms with Gasteiger partial charge < -0.3 is 9.88 Å². The van der Waals surface area contributed by atoms with Crippen molar-refractivity contribution in [3.63, 3.8) is 0 Å².